The summed E-state index contributed by atoms with van der Waals surface area (Å²) in [5.41, 5.74) is 0.0642. The molecule has 0 aromatic heterocycles. The summed E-state index contributed by atoms with van der Waals surface area (Å²) in [5, 5.41) is 20.0. The molecule has 1 heterocycles. The Hall–Kier alpha value is -1.66. The fourth-order valence-corrected chi connectivity index (χ4v) is 2.14. The van der Waals surface area contributed by atoms with Crippen LogP contribution in [0.2, 0.25) is 5.02 Å². The second-order valence-corrected chi connectivity index (χ2v) is 4.52. The van der Waals surface area contributed by atoms with Gasteiger partial charge in [-0.05, 0) is 12.5 Å². The maximum absolute atomic E-state index is 12.1. The second-order valence-electron chi connectivity index (χ2n) is 4.11. The molecule has 1 aliphatic heterocycles. The van der Waals surface area contributed by atoms with Gasteiger partial charge in [-0.25, -0.2) is 0 Å². The molecule has 0 spiro atoms. The molecule has 0 saturated carbocycles. The molecule has 0 unspecified atom stereocenters. The average molecular weight is 271 g/mol. The van der Waals surface area contributed by atoms with Crippen molar-refractivity contribution in [1.29, 1.82) is 0 Å². The number of aliphatic hydroxyl groups is 1. The minimum atomic E-state index is -0.570. The molecule has 0 aliphatic carbocycles. The number of amides is 1. The van der Waals surface area contributed by atoms with Gasteiger partial charge >= 0.3 is 0 Å². The molecule has 1 aromatic rings. The number of nitrogens with zero attached hydrogens (tertiary/aromatic N) is 2. The number of hydrogen-bond acceptors (Lipinski definition) is 4. The monoisotopic (exact) mass is 270 g/mol. The van der Waals surface area contributed by atoms with E-state index in [4.69, 9.17) is 11.6 Å². The first-order valence-corrected chi connectivity index (χ1v) is 5.78. The number of non-ortho nitro benzene ring substituents is 1. The van der Waals surface area contributed by atoms with Crippen LogP contribution in [-0.4, -0.2) is 40.0 Å². The van der Waals surface area contributed by atoms with E-state index in [1.165, 1.54) is 17.0 Å². The SMILES string of the molecule is O=C(c1ccc([N+](=O)[O-])cc1Cl)N1CC[C@H](O)C1. The lowest BCUT2D eigenvalue weighted by atomic mass is 10.2. The zero-order chi connectivity index (χ0) is 13.3. The number of likely N-dealkylation sites (tertiary alicyclic amines) is 1. The van der Waals surface area contributed by atoms with Crippen LogP contribution in [0.15, 0.2) is 18.2 Å². The molecule has 1 fully saturated rings. The predicted octanol–water partition coefficient (Wildman–Crippen LogP) is 1.45. The summed E-state index contributed by atoms with van der Waals surface area (Å²) in [4.78, 5) is 23.5. The number of nitro benzene ring substituents is 1. The first-order chi connectivity index (χ1) is 8.49. The molecule has 1 N–H and O–H groups in total. The number of rotatable bonds is 2. The van der Waals surface area contributed by atoms with Crippen molar-refractivity contribution in [3.63, 3.8) is 0 Å². The summed E-state index contributed by atoms with van der Waals surface area (Å²) >= 11 is 5.87. The maximum atomic E-state index is 12.1. The van der Waals surface area contributed by atoms with Crippen LogP contribution in [-0.2, 0) is 0 Å². The van der Waals surface area contributed by atoms with Gasteiger partial charge in [0.1, 0.15) is 0 Å². The molecule has 1 aromatic carbocycles. The number of nitro groups is 1. The Morgan fingerprint density at radius 1 is 1.56 bits per heavy atom. The van der Waals surface area contributed by atoms with Crippen molar-refractivity contribution >= 4 is 23.2 Å². The van der Waals surface area contributed by atoms with Crippen LogP contribution in [0.4, 0.5) is 5.69 Å². The molecular weight excluding hydrogens is 260 g/mol. The smallest absolute Gasteiger partial charge is 0.270 e. The van der Waals surface area contributed by atoms with Gasteiger partial charge in [-0.1, -0.05) is 11.6 Å². The predicted molar refractivity (Wildman–Crippen MR) is 64.6 cm³/mol. The molecule has 6 nitrogen and oxygen atoms in total. The Morgan fingerprint density at radius 3 is 2.78 bits per heavy atom. The Bertz CT molecular complexity index is 506. The van der Waals surface area contributed by atoms with Gasteiger partial charge in [-0.3, -0.25) is 14.9 Å². The van der Waals surface area contributed by atoms with Gasteiger partial charge in [0, 0.05) is 25.2 Å². The van der Waals surface area contributed by atoms with Crippen molar-refractivity contribution in [1.82, 2.24) is 4.90 Å². The van der Waals surface area contributed by atoms with Gasteiger partial charge in [0.2, 0.25) is 0 Å². The molecule has 0 bridgehead atoms. The summed E-state index contributed by atoms with van der Waals surface area (Å²) in [5.74, 6) is -0.313. The standard InChI is InChI=1S/C11H11ClN2O4/c12-10-5-7(14(17)18)1-2-9(10)11(16)13-4-3-8(15)6-13/h1-2,5,8,15H,3-4,6H2/t8-/m0/s1. The highest BCUT2D eigenvalue weighted by molar-refractivity contribution is 6.34. The largest absolute Gasteiger partial charge is 0.391 e. The van der Waals surface area contributed by atoms with Crippen LogP contribution < -0.4 is 0 Å². The van der Waals surface area contributed by atoms with Crippen molar-refractivity contribution in [2.75, 3.05) is 13.1 Å². The van der Waals surface area contributed by atoms with Gasteiger partial charge < -0.3 is 10.0 Å². The quantitative estimate of drug-likeness (QED) is 0.651. The molecule has 1 saturated heterocycles. The first kappa shape index (κ1) is 12.8. The summed E-state index contributed by atoms with van der Waals surface area (Å²) in [6.07, 6.45) is 0.0295. The Labute approximate surface area is 108 Å². The van der Waals surface area contributed by atoms with E-state index >= 15 is 0 Å². The van der Waals surface area contributed by atoms with Gasteiger partial charge in [-0.15, -0.1) is 0 Å². The lowest BCUT2D eigenvalue weighted by molar-refractivity contribution is -0.384. The number of carbonyl (C=O) groups excluding carboxylic acids is 1. The highest BCUT2D eigenvalue weighted by Gasteiger charge is 2.27. The Morgan fingerprint density at radius 2 is 2.28 bits per heavy atom. The molecule has 0 radical (unpaired) electrons. The number of hydrogen-bond donors (Lipinski definition) is 1. The van der Waals surface area contributed by atoms with E-state index < -0.39 is 11.0 Å². The third-order valence-electron chi connectivity index (χ3n) is 2.84. The molecule has 1 atom stereocenters. The second kappa shape index (κ2) is 4.91. The number of aliphatic hydroxyl groups excluding tert-OH is 1. The van der Waals surface area contributed by atoms with Crippen LogP contribution in [0.25, 0.3) is 0 Å². The van der Waals surface area contributed by atoms with E-state index in [0.717, 1.165) is 6.07 Å². The van der Waals surface area contributed by atoms with Gasteiger partial charge in [0.25, 0.3) is 11.6 Å². The minimum Gasteiger partial charge on any atom is -0.391 e. The van der Waals surface area contributed by atoms with Gasteiger partial charge in [0.05, 0.1) is 21.6 Å². The molecular formula is C11H11ClN2O4. The van der Waals surface area contributed by atoms with E-state index in [0.29, 0.717) is 13.0 Å². The van der Waals surface area contributed by atoms with E-state index in [2.05, 4.69) is 0 Å². The topological polar surface area (TPSA) is 83.7 Å². The third-order valence-corrected chi connectivity index (χ3v) is 3.16. The highest BCUT2D eigenvalue weighted by Crippen LogP contribution is 2.24. The number of benzene rings is 1. The van der Waals surface area contributed by atoms with Crippen molar-refractivity contribution in [3.05, 3.63) is 38.9 Å². The molecule has 96 valence electrons. The third kappa shape index (κ3) is 2.44. The van der Waals surface area contributed by atoms with Crippen LogP contribution in [0.1, 0.15) is 16.8 Å². The minimum absolute atomic E-state index is 0.0515. The Balaban J connectivity index is 2.23. The van der Waals surface area contributed by atoms with Crippen LogP contribution in [0.5, 0.6) is 0 Å². The summed E-state index contributed by atoms with van der Waals surface area (Å²) in [6.45, 7) is 0.736. The molecule has 18 heavy (non-hydrogen) atoms. The first-order valence-electron chi connectivity index (χ1n) is 5.40. The maximum Gasteiger partial charge on any atom is 0.270 e. The van der Waals surface area contributed by atoms with Crippen molar-refractivity contribution in [3.8, 4) is 0 Å². The molecule has 1 aliphatic rings. The summed E-state index contributed by atoms with van der Waals surface area (Å²) in [6, 6.07) is 3.74. The zero-order valence-electron chi connectivity index (χ0n) is 9.38. The summed E-state index contributed by atoms with van der Waals surface area (Å²) < 4.78 is 0. The van der Waals surface area contributed by atoms with E-state index in [1.807, 2.05) is 0 Å². The number of halogens is 1. The molecule has 2 rings (SSSR count). The molecule has 7 heteroatoms. The van der Waals surface area contributed by atoms with Crippen LogP contribution in [0, 0.1) is 10.1 Å². The van der Waals surface area contributed by atoms with E-state index in [-0.39, 0.29) is 28.7 Å². The van der Waals surface area contributed by atoms with Gasteiger partial charge in [-0.2, -0.15) is 0 Å². The zero-order valence-corrected chi connectivity index (χ0v) is 10.1. The van der Waals surface area contributed by atoms with Crippen LogP contribution in [0.3, 0.4) is 0 Å². The van der Waals surface area contributed by atoms with Crippen LogP contribution >= 0.6 is 11.6 Å². The van der Waals surface area contributed by atoms with E-state index in [9.17, 15) is 20.0 Å². The molecule has 1 amide bonds. The fourth-order valence-electron chi connectivity index (χ4n) is 1.89. The van der Waals surface area contributed by atoms with E-state index in [1.54, 1.807) is 0 Å². The van der Waals surface area contributed by atoms with Crippen molar-refractivity contribution < 1.29 is 14.8 Å². The summed E-state index contributed by atoms with van der Waals surface area (Å²) in [7, 11) is 0. The van der Waals surface area contributed by atoms with Crippen molar-refractivity contribution in [2.24, 2.45) is 0 Å². The highest BCUT2D eigenvalue weighted by atomic mass is 35.5. The Kier molecular flexibility index (Phi) is 3.49. The number of carbonyl (C=O) groups is 1. The lowest BCUT2D eigenvalue weighted by Crippen LogP contribution is -2.29. The normalized spacial score (nSPS) is 19.0. The number of β-amino-alcohol motifs (C(OH)–C–C–N with tert-alkyl or cyclic N) is 1. The average Bonchev–Trinajstić information content (AvgIpc) is 2.74. The van der Waals surface area contributed by atoms with Gasteiger partial charge in [0.15, 0.2) is 0 Å². The fraction of sp³-hybridized carbons (Fsp3) is 0.364. The lowest BCUT2D eigenvalue weighted by Gasteiger charge is -2.16. The van der Waals surface area contributed by atoms with Crippen molar-refractivity contribution in [2.45, 2.75) is 12.5 Å².